The Balaban J connectivity index is 2.23. The number of aryl methyl sites for hydroxylation is 3. The Morgan fingerprint density at radius 1 is 0.917 bits per heavy atom. The van der Waals surface area contributed by atoms with Crippen LogP contribution < -0.4 is 4.74 Å². The van der Waals surface area contributed by atoms with Crippen molar-refractivity contribution in [1.82, 2.24) is 0 Å². The van der Waals surface area contributed by atoms with Gasteiger partial charge < -0.3 is 20.1 Å². The third-order valence-electron chi connectivity index (χ3n) is 7.64. The molecule has 0 bridgehead atoms. The first-order valence-corrected chi connectivity index (χ1v) is 13.3. The van der Waals surface area contributed by atoms with E-state index < -0.39 is 12.1 Å². The van der Waals surface area contributed by atoms with Crippen LogP contribution in [0.5, 0.6) is 5.75 Å². The lowest BCUT2D eigenvalue weighted by Crippen LogP contribution is -2.27. The Hall–Kier alpha value is -2.37. The molecule has 0 amide bonds. The molecule has 0 aromatic heterocycles. The Labute approximate surface area is 217 Å². The first kappa shape index (κ1) is 29.9. The largest absolute Gasteiger partial charge is 0.491 e. The standard InChI is InChI=1S/C31H46O5/c1-8-31(9-2,24-12-10-23(21(3)18-24)11-16-28(33)30(5,6)7)25-13-15-27(22(4)19-25)36-20-26(32)14-17-29(34)35/h10,12-13,15,18-19,26,28,32-33H,8-9,11,14,16-17,20H2,1-7H3,(H,34,35)/t26-,28?/m0/s1. The van der Waals surface area contributed by atoms with Crippen LogP contribution in [0.15, 0.2) is 36.4 Å². The number of carboxylic acid groups (broad SMARTS) is 1. The molecule has 200 valence electrons. The summed E-state index contributed by atoms with van der Waals surface area (Å²) in [5.74, 6) is -0.214. The van der Waals surface area contributed by atoms with E-state index in [1.807, 2.05) is 13.0 Å². The highest BCUT2D eigenvalue weighted by Gasteiger charge is 2.31. The van der Waals surface area contributed by atoms with Crippen molar-refractivity contribution in [3.8, 4) is 5.75 Å². The molecule has 2 aromatic carbocycles. The molecule has 0 saturated carbocycles. The zero-order valence-corrected chi connectivity index (χ0v) is 23.2. The molecule has 2 rings (SSSR count). The number of carboxylic acids is 1. The van der Waals surface area contributed by atoms with Gasteiger partial charge in [0.2, 0.25) is 0 Å². The maximum absolute atomic E-state index is 10.7. The van der Waals surface area contributed by atoms with E-state index in [2.05, 4.69) is 71.9 Å². The van der Waals surface area contributed by atoms with Gasteiger partial charge >= 0.3 is 5.97 Å². The van der Waals surface area contributed by atoms with Gasteiger partial charge in [0.1, 0.15) is 12.4 Å². The number of carbonyl (C=O) groups is 1. The van der Waals surface area contributed by atoms with Crippen molar-refractivity contribution >= 4 is 5.97 Å². The van der Waals surface area contributed by atoms with Gasteiger partial charge in [0, 0.05) is 11.8 Å². The maximum atomic E-state index is 10.7. The van der Waals surface area contributed by atoms with Gasteiger partial charge in [0.05, 0.1) is 12.2 Å². The summed E-state index contributed by atoms with van der Waals surface area (Å²) in [7, 11) is 0. The van der Waals surface area contributed by atoms with E-state index in [9.17, 15) is 15.0 Å². The molecule has 2 atom stereocenters. The van der Waals surface area contributed by atoms with Crippen LogP contribution in [0.3, 0.4) is 0 Å². The molecular weight excluding hydrogens is 452 g/mol. The van der Waals surface area contributed by atoms with Crippen LogP contribution in [0.1, 0.15) is 94.5 Å². The van der Waals surface area contributed by atoms with E-state index in [1.54, 1.807) is 0 Å². The summed E-state index contributed by atoms with van der Waals surface area (Å²) in [4.78, 5) is 10.7. The third-order valence-corrected chi connectivity index (χ3v) is 7.64. The van der Waals surface area contributed by atoms with Crippen LogP contribution in [0.4, 0.5) is 0 Å². The smallest absolute Gasteiger partial charge is 0.303 e. The zero-order valence-electron chi connectivity index (χ0n) is 23.2. The molecule has 2 aromatic rings. The summed E-state index contributed by atoms with van der Waals surface area (Å²) < 4.78 is 5.81. The molecule has 0 aliphatic rings. The van der Waals surface area contributed by atoms with Crippen LogP contribution in [-0.2, 0) is 16.6 Å². The molecule has 0 aliphatic heterocycles. The second kappa shape index (κ2) is 12.7. The molecule has 0 aliphatic carbocycles. The van der Waals surface area contributed by atoms with Crippen molar-refractivity contribution in [2.75, 3.05) is 6.61 Å². The van der Waals surface area contributed by atoms with Crippen molar-refractivity contribution in [2.24, 2.45) is 5.41 Å². The number of benzene rings is 2. The Bertz CT molecular complexity index is 1000. The van der Waals surface area contributed by atoms with E-state index in [-0.39, 0.29) is 36.4 Å². The van der Waals surface area contributed by atoms with Crippen molar-refractivity contribution in [1.29, 1.82) is 0 Å². The van der Waals surface area contributed by atoms with Gasteiger partial charge in [-0.05, 0) is 85.3 Å². The lowest BCUT2D eigenvalue weighted by Gasteiger charge is -2.34. The fourth-order valence-corrected chi connectivity index (χ4v) is 4.90. The number of aliphatic hydroxyl groups is 2. The topological polar surface area (TPSA) is 87.0 Å². The van der Waals surface area contributed by atoms with E-state index in [0.29, 0.717) is 5.75 Å². The lowest BCUT2D eigenvalue weighted by molar-refractivity contribution is -0.137. The van der Waals surface area contributed by atoms with Gasteiger partial charge in [-0.2, -0.15) is 0 Å². The first-order valence-electron chi connectivity index (χ1n) is 13.3. The SMILES string of the molecule is CCC(CC)(c1ccc(CCC(O)C(C)(C)C)c(C)c1)c1ccc(OC[C@@H](O)CCC(=O)O)c(C)c1. The van der Waals surface area contributed by atoms with Crippen molar-refractivity contribution in [3.05, 3.63) is 64.2 Å². The molecule has 0 heterocycles. The van der Waals surface area contributed by atoms with E-state index in [0.717, 1.165) is 31.2 Å². The van der Waals surface area contributed by atoms with Gasteiger partial charge in [-0.25, -0.2) is 0 Å². The van der Waals surface area contributed by atoms with Gasteiger partial charge in [0.15, 0.2) is 0 Å². The number of aliphatic hydroxyl groups excluding tert-OH is 2. The summed E-state index contributed by atoms with van der Waals surface area (Å²) in [5, 5.41) is 29.3. The Kier molecular flexibility index (Phi) is 10.6. The lowest BCUT2D eigenvalue weighted by atomic mass is 9.69. The van der Waals surface area contributed by atoms with Gasteiger partial charge in [-0.3, -0.25) is 4.79 Å². The van der Waals surface area contributed by atoms with E-state index >= 15 is 0 Å². The number of ether oxygens (including phenoxy) is 1. The van der Waals surface area contributed by atoms with Crippen LogP contribution >= 0.6 is 0 Å². The van der Waals surface area contributed by atoms with E-state index in [4.69, 9.17) is 9.84 Å². The van der Waals surface area contributed by atoms with Gasteiger partial charge in [0.25, 0.3) is 0 Å². The summed E-state index contributed by atoms with van der Waals surface area (Å²) in [5.41, 5.74) is 5.82. The quantitative estimate of drug-likeness (QED) is 0.299. The van der Waals surface area contributed by atoms with E-state index in [1.165, 1.54) is 22.3 Å². The maximum Gasteiger partial charge on any atom is 0.303 e. The molecule has 5 nitrogen and oxygen atoms in total. The second-order valence-electron chi connectivity index (χ2n) is 11.2. The fraction of sp³-hybridized carbons (Fsp3) is 0.581. The molecule has 1 unspecified atom stereocenters. The minimum Gasteiger partial charge on any atom is -0.491 e. The molecular formula is C31H46O5. The fourth-order valence-electron chi connectivity index (χ4n) is 4.90. The minimum atomic E-state index is -0.921. The Morgan fingerprint density at radius 3 is 2.00 bits per heavy atom. The summed E-state index contributed by atoms with van der Waals surface area (Å²) >= 11 is 0. The second-order valence-corrected chi connectivity index (χ2v) is 11.2. The monoisotopic (exact) mass is 498 g/mol. The predicted octanol–water partition coefficient (Wildman–Crippen LogP) is 6.35. The molecule has 0 radical (unpaired) electrons. The van der Waals surface area contributed by atoms with Crippen LogP contribution in [0, 0.1) is 19.3 Å². The van der Waals surface area contributed by atoms with Gasteiger partial charge in [-0.15, -0.1) is 0 Å². The van der Waals surface area contributed by atoms with Crippen LogP contribution in [0.25, 0.3) is 0 Å². The van der Waals surface area contributed by atoms with Crippen molar-refractivity contribution in [2.45, 2.75) is 105 Å². The number of aliphatic carboxylic acids is 1. The van der Waals surface area contributed by atoms with Crippen LogP contribution in [0.2, 0.25) is 0 Å². The predicted molar refractivity (Wildman–Crippen MR) is 146 cm³/mol. The number of rotatable bonds is 13. The van der Waals surface area contributed by atoms with Gasteiger partial charge in [-0.1, -0.05) is 65.0 Å². The summed E-state index contributed by atoms with van der Waals surface area (Å²) in [6.07, 6.45) is 2.48. The average Bonchev–Trinajstić information content (AvgIpc) is 2.82. The molecule has 0 saturated heterocycles. The highest BCUT2D eigenvalue weighted by molar-refractivity contribution is 5.66. The molecule has 3 N–H and O–H groups in total. The summed E-state index contributed by atoms with van der Waals surface area (Å²) in [6, 6.07) is 13.0. The number of hydrogen-bond acceptors (Lipinski definition) is 4. The zero-order chi connectivity index (χ0) is 27.1. The Morgan fingerprint density at radius 2 is 1.50 bits per heavy atom. The van der Waals surface area contributed by atoms with Crippen molar-refractivity contribution < 1.29 is 24.9 Å². The highest BCUT2D eigenvalue weighted by atomic mass is 16.5. The molecule has 5 heteroatoms. The molecule has 0 fully saturated rings. The first-order chi connectivity index (χ1) is 16.8. The van der Waals surface area contributed by atoms with Crippen molar-refractivity contribution in [3.63, 3.8) is 0 Å². The van der Waals surface area contributed by atoms with Crippen LogP contribution in [-0.4, -0.2) is 40.1 Å². The molecule has 36 heavy (non-hydrogen) atoms. The summed E-state index contributed by atoms with van der Waals surface area (Å²) in [6.45, 7) is 14.9. The third kappa shape index (κ3) is 7.57. The minimum absolute atomic E-state index is 0.0741. The number of hydrogen-bond donors (Lipinski definition) is 3. The highest BCUT2D eigenvalue weighted by Crippen LogP contribution is 2.41. The average molecular weight is 499 g/mol. The normalized spacial score (nSPS) is 13.9. The molecule has 0 spiro atoms.